The second kappa shape index (κ2) is 15.9. The van der Waals surface area contributed by atoms with Gasteiger partial charge in [0.2, 0.25) is 0 Å². The summed E-state index contributed by atoms with van der Waals surface area (Å²) in [5.74, 6) is -0.324. The number of allylic oxidation sites excluding steroid dienone is 1. The number of hydrogen-bond acceptors (Lipinski definition) is 5. The summed E-state index contributed by atoms with van der Waals surface area (Å²) >= 11 is 0. The number of carbonyl (C=O) groups excluding carboxylic acids is 1. The van der Waals surface area contributed by atoms with Gasteiger partial charge in [-0.25, -0.2) is 4.79 Å². The van der Waals surface area contributed by atoms with E-state index in [0.717, 1.165) is 45.1 Å². The molecule has 1 N–H and O–H groups in total. The van der Waals surface area contributed by atoms with Crippen LogP contribution in [0.3, 0.4) is 0 Å². The summed E-state index contributed by atoms with van der Waals surface area (Å²) < 4.78 is 17.1. The molecule has 0 radical (unpaired) electrons. The van der Waals surface area contributed by atoms with E-state index in [1.54, 1.807) is 6.08 Å². The molecule has 0 aromatic carbocycles. The molecular weight excluding hydrogens is 440 g/mol. The van der Waals surface area contributed by atoms with Crippen molar-refractivity contribution in [2.24, 2.45) is 5.41 Å². The molecule has 0 aromatic rings. The van der Waals surface area contributed by atoms with Gasteiger partial charge in [0.15, 0.2) is 0 Å². The second-order valence-electron chi connectivity index (χ2n) is 10.5. The molecule has 0 amide bonds. The zero-order chi connectivity index (χ0) is 25.5. The lowest BCUT2D eigenvalue weighted by Crippen LogP contribution is -2.20. The van der Waals surface area contributed by atoms with Crippen LogP contribution in [-0.4, -0.2) is 48.7 Å². The molecule has 2 rings (SSSR count). The first kappa shape index (κ1) is 29.3. The normalized spacial score (nSPS) is 22.8. The number of aliphatic hydroxyl groups is 1. The third kappa shape index (κ3) is 13.1. The lowest BCUT2D eigenvalue weighted by atomic mass is 9.81. The molecule has 0 bridgehead atoms. The van der Waals surface area contributed by atoms with Crippen molar-refractivity contribution >= 4 is 5.97 Å². The topological polar surface area (TPSA) is 65.0 Å². The molecule has 4 atom stereocenters. The first-order valence-corrected chi connectivity index (χ1v) is 13.2. The van der Waals surface area contributed by atoms with E-state index in [2.05, 4.69) is 45.1 Å². The van der Waals surface area contributed by atoms with E-state index >= 15 is 0 Å². The van der Waals surface area contributed by atoms with Gasteiger partial charge in [-0.05, 0) is 44.4 Å². The Labute approximate surface area is 212 Å². The van der Waals surface area contributed by atoms with Crippen molar-refractivity contribution in [2.45, 2.75) is 103 Å². The molecule has 5 nitrogen and oxygen atoms in total. The van der Waals surface area contributed by atoms with Crippen molar-refractivity contribution in [3.63, 3.8) is 0 Å². The van der Waals surface area contributed by atoms with E-state index < -0.39 is 6.10 Å². The number of rotatable bonds is 15. The Morgan fingerprint density at radius 1 is 1.23 bits per heavy atom. The van der Waals surface area contributed by atoms with Crippen molar-refractivity contribution in [2.75, 3.05) is 13.2 Å². The quantitative estimate of drug-likeness (QED) is 0.165. The third-order valence-electron chi connectivity index (χ3n) is 6.41. The summed E-state index contributed by atoms with van der Waals surface area (Å²) in [7, 11) is 0. The van der Waals surface area contributed by atoms with E-state index in [4.69, 9.17) is 14.2 Å². The predicted molar refractivity (Wildman–Crippen MR) is 142 cm³/mol. The van der Waals surface area contributed by atoms with Gasteiger partial charge in [0.1, 0.15) is 6.10 Å². The summed E-state index contributed by atoms with van der Waals surface area (Å²) in [5.41, 5.74) is 1.51. The molecule has 0 unspecified atom stereocenters. The summed E-state index contributed by atoms with van der Waals surface area (Å²) in [5, 5.41) is 10.4. The Morgan fingerprint density at radius 3 is 2.74 bits per heavy atom. The highest BCUT2D eigenvalue weighted by atomic mass is 16.5. The highest BCUT2D eigenvalue weighted by Crippen LogP contribution is 2.31. The van der Waals surface area contributed by atoms with Crippen LogP contribution in [0.5, 0.6) is 0 Å². The van der Waals surface area contributed by atoms with Crippen LogP contribution in [0.2, 0.25) is 0 Å². The number of aliphatic hydroxyl groups excluding tert-OH is 1. The number of esters is 1. The van der Waals surface area contributed by atoms with Crippen LogP contribution in [0, 0.1) is 5.41 Å². The average Bonchev–Trinajstić information content (AvgIpc) is 3.29. The maximum Gasteiger partial charge on any atom is 0.330 e. The van der Waals surface area contributed by atoms with Crippen LogP contribution in [0.1, 0.15) is 79.1 Å². The minimum absolute atomic E-state index is 0.0780. The monoisotopic (exact) mass is 486 g/mol. The fourth-order valence-electron chi connectivity index (χ4n) is 4.38. The highest BCUT2D eigenvalue weighted by molar-refractivity contribution is 5.82. The Bertz CT molecular complexity index is 774. The van der Waals surface area contributed by atoms with Crippen LogP contribution in [-0.2, 0) is 19.0 Å². The lowest BCUT2D eigenvalue weighted by molar-refractivity contribution is -0.142. The minimum atomic E-state index is -0.495. The molecule has 2 aliphatic heterocycles. The van der Waals surface area contributed by atoms with Crippen molar-refractivity contribution in [3.8, 4) is 0 Å². The van der Waals surface area contributed by atoms with Crippen LogP contribution in [0.4, 0.5) is 0 Å². The summed E-state index contributed by atoms with van der Waals surface area (Å²) in [6.45, 7) is 9.99. The number of ether oxygens (including phenoxy) is 3. The molecule has 0 spiro atoms. The molecule has 2 aliphatic rings. The van der Waals surface area contributed by atoms with E-state index in [1.165, 1.54) is 11.6 Å². The predicted octanol–water partition coefficient (Wildman–Crippen LogP) is 6.39. The van der Waals surface area contributed by atoms with Gasteiger partial charge < -0.3 is 19.3 Å². The van der Waals surface area contributed by atoms with Crippen molar-refractivity contribution in [3.05, 3.63) is 60.3 Å². The van der Waals surface area contributed by atoms with Gasteiger partial charge in [-0.1, -0.05) is 81.4 Å². The van der Waals surface area contributed by atoms with Gasteiger partial charge in [0.25, 0.3) is 0 Å². The molecule has 0 aliphatic carbocycles. The summed E-state index contributed by atoms with van der Waals surface area (Å²) in [6.07, 6.45) is 23.6. The SMILES string of the molecule is CC/C=C\C(=O)O[C@@H](C/C=C/[C@@H](O)CCCC(C)(C)C[C@@H]1C=CCO1)C/C=C/[C@@H]1CC(C)=CCO1. The van der Waals surface area contributed by atoms with Crippen LogP contribution >= 0.6 is 0 Å². The maximum atomic E-state index is 12.1. The van der Waals surface area contributed by atoms with E-state index in [0.29, 0.717) is 19.4 Å². The molecule has 35 heavy (non-hydrogen) atoms. The minimum Gasteiger partial charge on any atom is -0.459 e. The third-order valence-corrected chi connectivity index (χ3v) is 6.41. The zero-order valence-electron chi connectivity index (χ0n) is 22.2. The molecule has 0 fully saturated rings. The van der Waals surface area contributed by atoms with E-state index in [9.17, 15) is 9.90 Å². The van der Waals surface area contributed by atoms with Crippen molar-refractivity contribution in [1.29, 1.82) is 0 Å². The molecule has 2 heterocycles. The smallest absolute Gasteiger partial charge is 0.330 e. The van der Waals surface area contributed by atoms with Crippen LogP contribution in [0.25, 0.3) is 0 Å². The van der Waals surface area contributed by atoms with Gasteiger partial charge in [0, 0.05) is 18.9 Å². The Kier molecular flexibility index (Phi) is 13.3. The fraction of sp³-hybridized carbons (Fsp3) is 0.633. The van der Waals surface area contributed by atoms with Crippen molar-refractivity contribution < 1.29 is 24.1 Å². The van der Waals surface area contributed by atoms with Gasteiger partial charge >= 0.3 is 5.97 Å². The summed E-state index contributed by atoms with van der Waals surface area (Å²) in [4.78, 5) is 12.1. The van der Waals surface area contributed by atoms with Gasteiger partial charge in [-0.3, -0.25) is 0 Å². The van der Waals surface area contributed by atoms with E-state index in [1.807, 2.05) is 25.2 Å². The Hall–Kier alpha value is -1.95. The number of carbonyl (C=O) groups is 1. The lowest BCUT2D eigenvalue weighted by Gasteiger charge is -2.27. The highest BCUT2D eigenvalue weighted by Gasteiger charge is 2.24. The molecule has 5 heteroatoms. The molecular formula is C30H46O5. The second-order valence-corrected chi connectivity index (χ2v) is 10.5. The first-order valence-electron chi connectivity index (χ1n) is 13.2. The van der Waals surface area contributed by atoms with Crippen molar-refractivity contribution in [1.82, 2.24) is 0 Å². The molecule has 0 saturated carbocycles. The molecule has 196 valence electrons. The first-order chi connectivity index (χ1) is 16.8. The summed E-state index contributed by atoms with van der Waals surface area (Å²) in [6, 6.07) is 0. The van der Waals surface area contributed by atoms with Crippen LogP contribution < -0.4 is 0 Å². The van der Waals surface area contributed by atoms with E-state index in [-0.39, 0.29) is 29.7 Å². The zero-order valence-corrected chi connectivity index (χ0v) is 22.2. The van der Waals surface area contributed by atoms with Gasteiger partial charge in [-0.15, -0.1) is 0 Å². The largest absolute Gasteiger partial charge is 0.459 e. The Morgan fingerprint density at radius 2 is 2.03 bits per heavy atom. The Balaban J connectivity index is 1.78. The average molecular weight is 487 g/mol. The van der Waals surface area contributed by atoms with Crippen LogP contribution in [0.15, 0.2) is 60.3 Å². The van der Waals surface area contributed by atoms with Gasteiger partial charge in [-0.2, -0.15) is 0 Å². The number of hydrogen-bond donors (Lipinski definition) is 1. The fourth-order valence-corrected chi connectivity index (χ4v) is 4.38. The molecule has 0 aromatic heterocycles. The van der Waals surface area contributed by atoms with Gasteiger partial charge in [0.05, 0.1) is 31.5 Å². The maximum absolute atomic E-state index is 12.1. The standard InChI is InChI=1S/C30H46O5/c1-5-6-17-29(32)35-26(14-8-15-27-22-24(2)18-21-34-27)13-7-11-25(31)12-9-19-30(3,4)23-28-16-10-20-33-28/h6-8,10-11,15-18,25-28,31H,5,9,12-14,19-23H2,1-4H3/b11-7+,15-8+,17-6-/t25-,26+,27-,28+/m1/s1. The molecule has 0 saturated heterocycles.